The fourth-order valence-corrected chi connectivity index (χ4v) is 2.96. The van der Waals surface area contributed by atoms with Crippen LogP contribution < -0.4 is 10.1 Å². The molecule has 30 heavy (non-hydrogen) atoms. The summed E-state index contributed by atoms with van der Waals surface area (Å²) in [5.74, 6) is -0.984. The molecule has 0 aliphatic heterocycles. The van der Waals surface area contributed by atoms with E-state index in [4.69, 9.17) is 9.84 Å². The zero-order valence-corrected chi connectivity index (χ0v) is 17.6. The van der Waals surface area contributed by atoms with Crippen LogP contribution >= 0.6 is 0 Å². The SMILES string of the molecule is COc1ccc(C(C)(C)C)cc1C(=O)Nc1ccc(C)c(-n2cc(C(=O)O)nn2)c1. The second kappa shape index (κ2) is 7.98. The van der Waals surface area contributed by atoms with Crippen LogP contribution in [0.2, 0.25) is 0 Å². The highest BCUT2D eigenvalue weighted by Gasteiger charge is 2.20. The molecule has 8 heteroatoms. The Hall–Kier alpha value is -3.68. The number of carboxylic acids is 1. The number of hydrogen-bond acceptors (Lipinski definition) is 5. The van der Waals surface area contributed by atoms with Gasteiger partial charge < -0.3 is 15.2 Å². The Labute approximate surface area is 174 Å². The first-order chi connectivity index (χ1) is 14.1. The minimum atomic E-state index is -1.16. The van der Waals surface area contributed by atoms with Crippen LogP contribution in [-0.2, 0) is 5.41 Å². The molecule has 0 bridgehead atoms. The summed E-state index contributed by atoms with van der Waals surface area (Å²) < 4.78 is 6.74. The predicted molar refractivity (Wildman–Crippen MR) is 113 cm³/mol. The summed E-state index contributed by atoms with van der Waals surface area (Å²) in [6.07, 6.45) is 1.33. The van der Waals surface area contributed by atoms with Gasteiger partial charge in [0.25, 0.3) is 5.91 Å². The van der Waals surface area contributed by atoms with Crippen molar-refractivity contribution in [2.24, 2.45) is 0 Å². The lowest BCUT2D eigenvalue weighted by Gasteiger charge is -2.21. The number of benzene rings is 2. The van der Waals surface area contributed by atoms with Gasteiger partial charge in [-0.1, -0.05) is 38.1 Å². The van der Waals surface area contributed by atoms with Gasteiger partial charge in [-0.25, -0.2) is 9.48 Å². The van der Waals surface area contributed by atoms with Crippen molar-refractivity contribution in [1.82, 2.24) is 15.0 Å². The number of carbonyl (C=O) groups excluding carboxylic acids is 1. The molecule has 0 spiro atoms. The lowest BCUT2D eigenvalue weighted by atomic mass is 9.86. The van der Waals surface area contributed by atoms with E-state index in [2.05, 4.69) is 36.4 Å². The standard InChI is InChI=1S/C22H24N4O4/c1-13-6-8-15(11-18(13)26-12-17(21(28)29)24-25-26)23-20(27)16-10-14(22(2,3)4)7-9-19(16)30-5/h6-12H,1-5H3,(H,23,27)(H,28,29). The third-order valence-corrected chi connectivity index (χ3v) is 4.74. The zero-order chi connectivity index (χ0) is 22.1. The third kappa shape index (κ3) is 4.32. The summed E-state index contributed by atoms with van der Waals surface area (Å²) in [5.41, 5.74) is 3.17. The van der Waals surface area contributed by atoms with Gasteiger partial charge in [0.05, 0.1) is 24.6 Å². The molecule has 156 valence electrons. The highest BCUT2D eigenvalue weighted by Crippen LogP contribution is 2.29. The number of hydrogen-bond donors (Lipinski definition) is 2. The number of methoxy groups -OCH3 is 1. The van der Waals surface area contributed by atoms with Crippen molar-refractivity contribution in [2.45, 2.75) is 33.1 Å². The van der Waals surface area contributed by atoms with Crippen molar-refractivity contribution >= 4 is 17.6 Å². The van der Waals surface area contributed by atoms with Gasteiger partial charge in [-0.3, -0.25) is 4.79 Å². The highest BCUT2D eigenvalue weighted by molar-refractivity contribution is 6.06. The van der Waals surface area contributed by atoms with E-state index in [1.807, 2.05) is 25.1 Å². The van der Waals surface area contributed by atoms with Gasteiger partial charge in [-0.2, -0.15) is 0 Å². The monoisotopic (exact) mass is 408 g/mol. The molecule has 1 amide bonds. The first kappa shape index (κ1) is 21.0. The number of carbonyl (C=O) groups is 2. The molecular formula is C22H24N4O4. The van der Waals surface area contributed by atoms with E-state index >= 15 is 0 Å². The molecular weight excluding hydrogens is 384 g/mol. The van der Waals surface area contributed by atoms with E-state index in [0.717, 1.165) is 11.1 Å². The van der Waals surface area contributed by atoms with Crippen LogP contribution in [0.25, 0.3) is 5.69 Å². The number of aromatic nitrogens is 3. The van der Waals surface area contributed by atoms with Crippen molar-refractivity contribution in [3.8, 4) is 11.4 Å². The number of nitrogens with one attached hydrogen (secondary N) is 1. The first-order valence-corrected chi connectivity index (χ1v) is 9.36. The normalized spacial score (nSPS) is 11.2. The average Bonchev–Trinajstić information content (AvgIpc) is 3.18. The summed E-state index contributed by atoms with van der Waals surface area (Å²) >= 11 is 0. The number of anilines is 1. The van der Waals surface area contributed by atoms with Gasteiger partial charge in [0.15, 0.2) is 5.69 Å². The van der Waals surface area contributed by atoms with E-state index < -0.39 is 5.97 Å². The lowest BCUT2D eigenvalue weighted by Crippen LogP contribution is -2.17. The molecule has 0 unspecified atom stereocenters. The summed E-state index contributed by atoms with van der Waals surface area (Å²) in [5, 5.41) is 19.4. The topological polar surface area (TPSA) is 106 Å². The van der Waals surface area contributed by atoms with Gasteiger partial charge >= 0.3 is 5.97 Å². The molecule has 0 saturated carbocycles. The lowest BCUT2D eigenvalue weighted by molar-refractivity contribution is 0.0690. The molecule has 0 aliphatic carbocycles. The van der Waals surface area contributed by atoms with Crippen LogP contribution in [0, 0.1) is 6.92 Å². The maximum atomic E-state index is 13.0. The van der Waals surface area contributed by atoms with Crippen LogP contribution in [0.15, 0.2) is 42.6 Å². The molecule has 2 aromatic carbocycles. The van der Waals surface area contributed by atoms with Crippen molar-refractivity contribution in [3.63, 3.8) is 0 Å². The molecule has 3 aromatic rings. The fraction of sp³-hybridized carbons (Fsp3) is 0.273. The number of rotatable bonds is 5. The Bertz CT molecular complexity index is 1110. The Morgan fingerprint density at radius 2 is 1.87 bits per heavy atom. The molecule has 1 aromatic heterocycles. The molecule has 0 aliphatic rings. The van der Waals surface area contributed by atoms with Crippen molar-refractivity contribution in [2.75, 3.05) is 12.4 Å². The van der Waals surface area contributed by atoms with E-state index in [-0.39, 0.29) is 17.0 Å². The smallest absolute Gasteiger partial charge is 0.358 e. The zero-order valence-electron chi connectivity index (χ0n) is 17.6. The second-order valence-electron chi connectivity index (χ2n) is 7.97. The molecule has 0 atom stereocenters. The molecule has 2 N–H and O–H groups in total. The van der Waals surface area contributed by atoms with Gasteiger partial charge in [-0.05, 0) is 47.7 Å². The van der Waals surface area contributed by atoms with E-state index in [1.165, 1.54) is 18.0 Å². The molecule has 0 radical (unpaired) electrons. The Balaban J connectivity index is 1.93. The van der Waals surface area contributed by atoms with Crippen molar-refractivity contribution in [1.29, 1.82) is 0 Å². The molecule has 3 rings (SSSR count). The number of aromatic carboxylic acids is 1. The largest absolute Gasteiger partial charge is 0.496 e. The highest BCUT2D eigenvalue weighted by atomic mass is 16.5. The molecule has 8 nitrogen and oxygen atoms in total. The summed E-state index contributed by atoms with van der Waals surface area (Å²) in [7, 11) is 1.53. The Morgan fingerprint density at radius 3 is 2.47 bits per heavy atom. The maximum Gasteiger partial charge on any atom is 0.358 e. The van der Waals surface area contributed by atoms with Crippen LogP contribution in [0.1, 0.15) is 52.7 Å². The number of carboxylic acid groups (broad SMARTS) is 1. The first-order valence-electron chi connectivity index (χ1n) is 9.36. The molecule has 1 heterocycles. The number of amides is 1. The second-order valence-corrected chi connectivity index (χ2v) is 7.97. The average molecular weight is 408 g/mol. The molecule has 0 fully saturated rings. The summed E-state index contributed by atoms with van der Waals surface area (Å²) in [6.45, 7) is 8.09. The Kier molecular flexibility index (Phi) is 5.60. The van der Waals surface area contributed by atoms with E-state index in [9.17, 15) is 9.59 Å². The van der Waals surface area contributed by atoms with Crippen molar-refractivity contribution < 1.29 is 19.4 Å². The van der Waals surface area contributed by atoms with Crippen LogP contribution in [0.4, 0.5) is 5.69 Å². The summed E-state index contributed by atoms with van der Waals surface area (Å²) in [4.78, 5) is 24.1. The van der Waals surface area contributed by atoms with Gasteiger partial charge in [0.1, 0.15) is 5.75 Å². The van der Waals surface area contributed by atoms with Gasteiger partial charge in [0, 0.05) is 5.69 Å². The minimum Gasteiger partial charge on any atom is -0.496 e. The van der Waals surface area contributed by atoms with Crippen LogP contribution in [0.5, 0.6) is 5.75 Å². The van der Waals surface area contributed by atoms with E-state index in [1.54, 1.807) is 18.2 Å². The third-order valence-electron chi connectivity index (χ3n) is 4.74. The van der Waals surface area contributed by atoms with Gasteiger partial charge in [-0.15, -0.1) is 5.10 Å². The van der Waals surface area contributed by atoms with E-state index in [0.29, 0.717) is 22.7 Å². The molecule has 0 saturated heterocycles. The maximum absolute atomic E-state index is 13.0. The number of ether oxygens (including phenoxy) is 1. The number of aryl methyl sites for hydroxylation is 1. The summed E-state index contributed by atoms with van der Waals surface area (Å²) in [6, 6.07) is 10.9. The Morgan fingerprint density at radius 1 is 1.13 bits per heavy atom. The predicted octanol–water partition coefficient (Wildman–Crippen LogP) is 3.83. The minimum absolute atomic E-state index is 0.118. The van der Waals surface area contributed by atoms with Crippen LogP contribution in [-0.4, -0.2) is 39.1 Å². The van der Waals surface area contributed by atoms with Crippen LogP contribution in [0.3, 0.4) is 0 Å². The fourth-order valence-electron chi connectivity index (χ4n) is 2.96. The number of nitrogens with zero attached hydrogens (tertiary/aromatic N) is 3. The van der Waals surface area contributed by atoms with Crippen molar-refractivity contribution in [3.05, 3.63) is 65.0 Å². The quantitative estimate of drug-likeness (QED) is 0.664. The van der Waals surface area contributed by atoms with Gasteiger partial charge in [0.2, 0.25) is 0 Å².